The van der Waals surface area contributed by atoms with Gasteiger partial charge in [-0.15, -0.1) is 5.10 Å². The van der Waals surface area contributed by atoms with Gasteiger partial charge in [-0.1, -0.05) is 12.1 Å². The number of likely N-dealkylation sites (tertiary alicyclic amines) is 1. The van der Waals surface area contributed by atoms with Crippen LogP contribution in [0.2, 0.25) is 0 Å². The van der Waals surface area contributed by atoms with Crippen LogP contribution >= 0.6 is 0 Å². The summed E-state index contributed by atoms with van der Waals surface area (Å²) in [5, 5.41) is 10.8. The highest BCUT2D eigenvalue weighted by molar-refractivity contribution is 5.92. The quantitative estimate of drug-likeness (QED) is 0.746. The van der Waals surface area contributed by atoms with Crippen molar-refractivity contribution < 1.29 is 4.79 Å². The minimum atomic E-state index is -0.141. The van der Waals surface area contributed by atoms with Crippen LogP contribution in [0.5, 0.6) is 0 Å². The first kappa shape index (κ1) is 14.0. The maximum atomic E-state index is 12.0. The van der Waals surface area contributed by atoms with Gasteiger partial charge in [0.1, 0.15) is 0 Å². The average Bonchev–Trinajstić information content (AvgIpc) is 2.89. The van der Waals surface area contributed by atoms with E-state index in [-0.39, 0.29) is 11.9 Å². The van der Waals surface area contributed by atoms with Crippen molar-refractivity contribution in [3.05, 3.63) is 11.9 Å². The molecule has 1 aromatic rings. The van der Waals surface area contributed by atoms with E-state index in [1.54, 1.807) is 10.9 Å². The molecule has 0 saturated carbocycles. The van der Waals surface area contributed by atoms with Crippen LogP contribution in [-0.4, -0.2) is 58.0 Å². The van der Waals surface area contributed by atoms with Gasteiger partial charge in [-0.25, -0.2) is 0 Å². The van der Waals surface area contributed by atoms with Crippen molar-refractivity contribution in [2.45, 2.75) is 32.4 Å². The van der Waals surface area contributed by atoms with Gasteiger partial charge in [0.05, 0.1) is 12.7 Å². The molecule has 1 fully saturated rings. The highest BCUT2D eigenvalue weighted by atomic mass is 16.2. The molecule has 1 aromatic heterocycles. The predicted molar refractivity (Wildman–Crippen MR) is 71.7 cm³/mol. The molecule has 0 unspecified atom stereocenters. The molecular weight excluding hydrogens is 244 g/mol. The fourth-order valence-corrected chi connectivity index (χ4v) is 2.30. The third-order valence-corrected chi connectivity index (χ3v) is 3.50. The zero-order valence-electron chi connectivity index (χ0n) is 11.4. The van der Waals surface area contributed by atoms with E-state index in [4.69, 9.17) is 5.73 Å². The molecule has 7 nitrogen and oxygen atoms in total. The Morgan fingerprint density at radius 2 is 2.26 bits per heavy atom. The number of piperidine rings is 1. The molecule has 0 aliphatic carbocycles. The van der Waals surface area contributed by atoms with E-state index in [0.29, 0.717) is 18.8 Å². The lowest BCUT2D eigenvalue weighted by Gasteiger charge is -2.31. The highest BCUT2D eigenvalue weighted by Crippen LogP contribution is 2.10. The summed E-state index contributed by atoms with van der Waals surface area (Å²) in [5.74, 6) is -0.141. The largest absolute Gasteiger partial charge is 0.348 e. The van der Waals surface area contributed by atoms with Crippen molar-refractivity contribution in [3.8, 4) is 0 Å². The maximum Gasteiger partial charge on any atom is 0.273 e. The minimum Gasteiger partial charge on any atom is -0.348 e. The third kappa shape index (κ3) is 3.74. The molecule has 106 valence electrons. The summed E-state index contributed by atoms with van der Waals surface area (Å²) in [7, 11) is 0. The van der Waals surface area contributed by atoms with Gasteiger partial charge in [0.2, 0.25) is 0 Å². The summed E-state index contributed by atoms with van der Waals surface area (Å²) >= 11 is 0. The Kier molecular flexibility index (Phi) is 4.86. The van der Waals surface area contributed by atoms with Crippen LogP contribution in [0.3, 0.4) is 0 Å². The number of nitrogens with two attached hydrogens (primary N) is 1. The molecule has 0 spiro atoms. The summed E-state index contributed by atoms with van der Waals surface area (Å²) in [5.41, 5.74) is 5.79. The molecule has 1 aliphatic rings. The number of nitrogens with zero attached hydrogens (tertiary/aromatic N) is 4. The van der Waals surface area contributed by atoms with Crippen molar-refractivity contribution in [1.82, 2.24) is 25.2 Å². The molecule has 0 bridgehead atoms. The molecule has 19 heavy (non-hydrogen) atoms. The smallest absolute Gasteiger partial charge is 0.273 e. The highest BCUT2D eigenvalue weighted by Gasteiger charge is 2.21. The van der Waals surface area contributed by atoms with Crippen molar-refractivity contribution in [2.24, 2.45) is 5.73 Å². The SMILES string of the molecule is CCN1CCC(NC(=O)c2cn(CCN)nn2)CC1. The second kappa shape index (κ2) is 6.63. The molecule has 1 amide bonds. The van der Waals surface area contributed by atoms with E-state index in [2.05, 4.69) is 27.5 Å². The maximum absolute atomic E-state index is 12.0. The zero-order valence-corrected chi connectivity index (χ0v) is 11.4. The van der Waals surface area contributed by atoms with Gasteiger partial charge in [0, 0.05) is 25.7 Å². The first-order chi connectivity index (χ1) is 9.22. The summed E-state index contributed by atoms with van der Waals surface area (Å²) in [4.78, 5) is 14.4. The van der Waals surface area contributed by atoms with Gasteiger partial charge in [-0.05, 0) is 19.4 Å². The molecule has 1 aliphatic heterocycles. The molecule has 2 rings (SSSR count). The van der Waals surface area contributed by atoms with Crippen molar-refractivity contribution in [1.29, 1.82) is 0 Å². The Balaban J connectivity index is 1.83. The van der Waals surface area contributed by atoms with Crippen LogP contribution < -0.4 is 11.1 Å². The molecule has 2 heterocycles. The summed E-state index contributed by atoms with van der Waals surface area (Å²) in [6.45, 7) is 6.39. The molecule has 0 radical (unpaired) electrons. The number of carbonyl (C=O) groups excluding carboxylic acids is 1. The van der Waals surface area contributed by atoms with Crippen LogP contribution in [0.25, 0.3) is 0 Å². The van der Waals surface area contributed by atoms with Gasteiger partial charge < -0.3 is 16.0 Å². The zero-order chi connectivity index (χ0) is 13.7. The minimum absolute atomic E-state index is 0.141. The van der Waals surface area contributed by atoms with E-state index in [1.807, 2.05) is 0 Å². The average molecular weight is 266 g/mol. The Morgan fingerprint density at radius 1 is 1.53 bits per heavy atom. The topological polar surface area (TPSA) is 89.1 Å². The Morgan fingerprint density at radius 3 is 2.89 bits per heavy atom. The van der Waals surface area contributed by atoms with Gasteiger partial charge in [0.15, 0.2) is 5.69 Å². The summed E-state index contributed by atoms with van der Waals surface area (Å²) in [6, 6.07) is 0.245. The number of amides is 1. The second-order valence-corrected chi connectivity index (χ2v) is 4.84. The normalized spacial score (nSPS) is 17.6. The van der Waals surface area contributed by atoms with E-state index in [0.717, 1.165) is 32.5 Å². The number of carbonyl (C=O) groups is 1. The predicted octanol–water partition coefficient (Wildman–Crippen LogP) is -0.549. The fraction of sp³-hybridized carbons (Fsp3) is 0.750. The van der Waals surface area contributed by atoms with Crippen LogP contribution in [0.4, 0.5) is 0 Å². The molecular formula is C12H22N6O. The monoisotopic (exact) mass is 266 g/mol. The van der Waals surface area contributed by atoms with Crippen LogP contribution in [0.15, 0.2) is 6.20 Å². The van der Waals surface area contributed by atoms with E-state index < -0.39 is 0 Å². The van der Waals surface area contributed by atoms with Crippen molar-refractivity contribution >= 4 is 5.91 Å². The Bertz CT molecular complexity index is 410. The van der Waals surface area contributed by atoms with E-state index in [9.17, 15) is 4.79 Å². The number of aromatic nitrogens is 3. The van der Waals surface area contributed by atoms with Crippen LogP contribution in [0, 0.1) is 0 Å². The number of nitrogens with one attached hydrogen (secondary N) is 1. The molecule has 0 aromatic carbocycles. The summed E-state index contributed by atoms with van der Waals surface area (Å²) in [6.07, 6.45) is 3.64. The van der Waals surface area contributed by atoms with Crippen LogP contribution in [-0.2, 0) is 6.54 Å². The van der Waals surface area contributed by atoms with Gasteiger partial charge in [0.25, 0.3) is 5.91 Å². The lowest BCUT2D eigenvalue weighted by atomic mass is 10.1. The van der Waals surface area contributed by atoms with Gasteiger partial charge in [-0.2, -0.15) is 0 Å². The lowest BCUT2D eigenvalue weighted by molar-refractivity contribution is 0.0907. The fourth-order valence-electron chi connectivity index (χ4n) is 2.30. The number of hydrogen-bond acceptors (Lipinski definition) is 5. The van der Waals surface area contributed by atoms with Crippen LogP contribution in [0.1, 0.15) is 30.3 Å². The summed E-state index contributed by atoms with van der Waals surface area (Å²) < 4.78 is 1.59. The van der Waals surface area contributed by atoms with Crippen molar-refractivity contribution in [2.75, 3.05) is 26.2 Å². The van der Waals surface area contributed by atoms with E-state index >= 15 is 0 Å². The standard InChI is InChI=1S/C12H22N6O/c1-2-17-6-3-10(4-7-17)14-12(19)11-9-18(8-5-13)16-15-11/h9-10H,2-8,13H2,1H3,(H,14,19). The lowest BCUT2D eigenvalue weighted by Crippen LogP contribution is -2.44. The van der Waals surface area contributed by atoms with Gasteiger partial charge in [-0.3, -0.25) is 9.48 Å². The first-order valence-corrected chi connectivity index (χ1v) is 6.86. The van der Waals surface area contributed by atoms with Crippen molar-refractivity contribution in [3.63, 3.8) is 0 Å². The first-order valence-electron chi connectivity index (χ1n) is 6.86. The molecule has 0 atom stereocenters. The Labute approximate surface area is 113 Å². The third-order valence-electron chi connectivity index (χ3n) is 3.50. The molecule has 1 saturated heterocycles. The number of hydrogen-bond donors (Lipinski definition) is 2. The Hall–Kier alpha value is -1.47. The second-order valence-electron chi connectivity index (χ2n) is 4.84. The molecule has 3 N–H and O–H groups in total. The molecule has 7 heteroatoms. The van der Waals surface area contributed by atoms with E-state index in [1.165, 1.54) is 0 Å². The van der Waals surface area contributed by atoms with Gasteiger partial charge >= 0.3 is 0 Å². The number of rotatable bonds is 5.